The van der Waals surface area contributed by atoms with Crippen molar-refractivity contribution in [3.63, 3.8) is 0 Å². The second-order valence-electron chi connectivity index (χ2n) is 1.64. The van der Waals surface area contributed by atoms with Crippen molar-refractivity contribution in [3.05, 3.63) is 0 Å². The second kappa shape index (κ2) is 6.07. The highest BCUT2D eigenvalue weighted by molar-refractivity contribution is 5.75. The molecule has 0 fully saturated rings. The van der Waals surface area contributed by atoms with Crippen LogP contribution in [0.4, 0.5) is 0 Å². The van der Waals surface area contributed by atoms with E-state index in [9.17, 15) is 9.59 Å². The third-order valence-corrected chi connectivity index (χ3v) is 0.675. The summed E-state index contributed by atoms with van der Waals surface area (Å²) in [6.07, 6.45) is 0. The van der Waals surface area contributed by atoms with Crippen LogP contribution in [0.3, 0.4) is 0 Å². The summed E-state index contributed by atoms with van der Waals surface area (Å²) in [5.74, 6) is -0.299. The Kier molecular flexibility index (Phi) is 7.10. The molecular formula is C6H14N2O2. The van der Waals surface area contributed by atoms with E-state index in [1.165, 1.54) is 13.8 Å². The van der Waals surface area contributed by atoms with Crippen molar-refractivity contribution >= 4 is 11.8 Å². The van der Waals surface area contributed by atoms with Crippen molar-refractivity contribution in [2.75, 3.05) is 6.67 Å². The lowest BCUT2D eigenvalue weighted by Crippen LogP contribution is -2.34. The Morgan fingerprint density at radius 3 is 1.60 bits per heavy atom. The van der Waals surface area contributed by atoms with Gasteiger partial charge in [0.1, 0.15) is 0 Å². The van der Waals surface area contributed by atoms with Crippen LogP contribution in [0, 0.1) is 0 Å². The van der Waals surface area contributed by atoms with E-state index in [0.717, 1.165) is 0 Å². The van der Waals surface area contributed by atoms with Crippen LogP contribution in [0.5, 0.6) is 0 Å². The Balaban J connectivity index is 0. The molecule has 0 saturated heterocycles. The van der Waals surface area contributed by atoms with Crippen molar-refractivity contribution < 1.29 is 9.59 Å². The van der Waals surface area contributed by atoms with Gasteiger partial charge in [-0.25, -0.2) is 0 Å². The van der Waals surface area contributed by atoms with E-state index in [4.69, 9.17) is 0 Å². The number of carbonyl (C=O) groups excluding carboxylic acids is 2. The van der Waals surface area contributed by atoms with E-state index in [2.05, 4.69) is 10.6 Å². The third-order valence-electron chi connectivity index (χ3n) is 0.675. The molecule has 0 aliphatic heterocycles. The average Bonchev–Trinajstić information content (AvgIpc) is 1.63. The molecule has 0 aromatic rings. The number of hydrogen-bond acceptors (Lipinski definition) is 2. The van der Waals surface area contributed by atoms with E-state index < -0.39 is 0 Å². The maximum absolute atomic E-state index is 10.2. The van der Waals surface area contributed by atoms with Gasteiger partial charge in [-0.3, -0.25) is 9.59 Å². The van der Waals surface area contributed by atoms with E-state index in [1.807, 2.05) is 0 Å². The van der Waals surface area contributed by atoms with E-state index in [0.29, 0.717) is 0 Å². The van der Waals surface area contributed by atoms with Gasteiger partial charge in [0.05, 0.1) is 6.67 Å². The van der Waals surface area contributed by atoms with Gasteiger partial charge in [-0.15, -0.1) is 0 Å². The highest BCUT2D eigenvalue weighted by Gasteiger charge is 1.89. The zero-order valence-corrected chi connectivity index (χ0v) is 5.52. The minimum atomic E-state index is -0.149. The number of carbonyl (C=O) groups is 2. The Bertz CT molecular complexity index is 109. The van der Waals surface area contributed by atoms with Gasteiger partial charge in [0.15, 0.2) is 0 Å². The molecule has 0 heterocycles. The minimum Gasteiger partial charge on any atom is -0.339 e. The Hall–Kier alpha value is -1.06. The van der Waals surface area contributed by atoms with Crippen molar-refractivity contribution in [2.45, 2.75) is 21.3 Å². The van der Waals surface area contributed by atoms with Gasteiger partial charge in [0.25, 0.3) is 0 Å². The van der Waals surface area contributed by atoms with Gasteiger partial charge in [-0.1, -0.05) is 7.43 Å². The fraction of sp³-hybridized carbons (Fsp3) is 0.667. The molecule has 0 bridgehead atoms. The Morgan fingerprint density at radius 1 is 1.10 bits per heavy atom. The van der Waals surface area contributed by atoms with Crippen molar-refractivity contribution in [1.29, 1.82) is 0 Å². The SMILES string of the molecule is C.CC(=O)NCNC(C)=O. The van der Waals surface area contributed by atoms with Crippen LogP contribution in [0.25, 0.3) is 0 Å². The maximum Gasteiger partial charge on any atom is 0.218 e. The van der Waals surface area contributed by atoms with Gasteiger partial charge in [0.2, 0.25) is 11.8 Å². The van der Waals surface area contributed by atoms with Crippen molar-refractivity contribution in [1.82, 2.24) is 10.6 Å². The first-order chi connectivity index (χ1) is 4.13. The largest absolute Gasteiger partial charge is 0.339 e. The first-order valence-electron chi connectivity index (χ1n) is 2.62. The molecule has 0 aromatic carbocycles. The summed E-state index contributed by atoms with van der Waals surface area (Å²) in [5.41, 5.74) is 0. The molecule has 0 atom stereocenters. The fourth-order valence-electron chi connectivity index (χ4n) is 0.293. The number of amides is 2. The molecule has 0 rings (SSSR count). The molecule has 60 valence electrons. The summed E-state index contributed by atoms with van der Waals surface area (Å²) < 4.78 is 0. The molecular weight excluding hydrogens is 132 g/mol. The van der Waals surface area contributed by atoms with Gasteiger partial charge in [-0.2, -0.15) is 0 Å². The van der Waals surface area contributed by atoms with Crippen LogP contribution in [0.2, 0.25) is 0 Å². The molecule has 4 heteroatoms. The lowest BCUT2D eigenvalue weighted by Gasteiger charge is -2.00. The predicted octanol–water partition coefficient (Wildman–Crippen LogP) is -0.148. The van der Waals surface area contributed by atoms with Gasteiger partial charge in [-0.05, 0) is 0 Å². The number of rotatable bonds is 2. The molecule has 2 amide bonds. The smallest absolute Gasteiger partial charge is 0.218 e. The minimum absolute atomic E-state index is 0. The molecule has 0 saturated carbocycles. The highest BCUT2D eigenvalue weighted by atomic mass is 16.2. The van der Waals surface area contributed by atoms with Crippen LogP contribution in [0.1, 0.15) is 21.3 Å². The molecule has 0 aliphatic rings. The predicted molar refractivity (Wildman–Crippen MR) is 39.2 cm³/mol. The molecule has 0 aliphatic carbocycles. The quantitative estimate of drug-likeness (QED) is 0.532. The van der Waals surface area contributed by atoms with Crippen LogP contribution in [-0.2, 0) is 9.59 Å². The standard InChI is InChI=1S/C5H10N2O2.CH4/c1-4(8)6-3-7-5(2)9;/h3H2,1-2H3,(H,6,8)(H,7,9);1H4. The number of hydrogen-bond donors (Lipinski definition) is 2. The molecule has 4 nitrogen and oxygen atoms in total. The van der Waals surface area contributed by atoms with Crippen LogP contribution in [0.15, 0.2) is 0 Å². The topological polar surface area (TPSA) is 58.2 Å². The summed E-state index contributed by atoms with van der Waals surface area (Å²) in [6, 6.07) is 0. The van der Waals surface area contributed by atoms with Crippen LogP contribution < -0.4 is 10.6 Å². The fourth-order valence-corrected chi connectivity index (χ4v) is 0.293. The average molecular weight is 146 g/mol. The molecule has 0 unspecified atom stereocenters. The first-order valence-corrected chi connectivity index (χ1v) is 2.62. The Labute approximate surface area is 61.0 Å². The Morgan fingerprint density at radius 2 is 1.40 bits per heavy atom. The maximum atomic E-state index is 10.2. The zero-order valence-electron chi connectivity index (χ0n) is 5.52. The lowest BCUT2D eigenvalue weighted by molar-refractivity contribution is -0.120. The third kappa shape index (κ3) is 10.0. The molecule has 0 aromatic heterocycles. The molecule has 0 spiro atoms. The molecule has 0 radical (unpaired) electrons. The van der Waals surface area contributed by atoms with E-state index in [-0.39, 0.29) is 25.9 Å². The number of nitrogens with one attached hydrogen (secondary N) is 2. The zero-order chi connectivity index (χ0) is 7.28. The highest BCUT2D eigenvalue weighted by Crippen LogP contribution is 1.58. The van der Waals surface area contributed by atoms with E-state index >= 15 is 0 Å². The van der Waals surface area contributed by atoms with Crippen molar-refractivity contribution in [2.24, 2.45) is 0 Å². The lowest BCUT2D eigenvalue weighted by atomic mass is 10.7. The molecule has 10 heavy (non-hydrogen) atoms. The van der Waals surface area contributed by atoms with Gasteiger partial charge < -0.3 is 10.6 Å². The second-order valence-corrected chi connectivity index (χ2v) is 1.64. The summed E-state index contributed by atoms with van der Waals surface area (Å²) >= 11 is 0. The summed E-state index contributed by atoms with van der Waals surface area (Å²) in [6.45, 7) is 2.99. The monoisotopic (exact) mass is 146 g/mol. The summed E-state index contributed by atoms with van der Waals surface area (Å²) in [5, 5.41) is 4.81. The normalized spacial score (nSPS) is 7.40. The summed E-state index contributed by atoms with van der Waals surface area (Å²) in [7, 11) is 0. The van der Waals surface area contributed by atoms with Gasteiger partial charge >= 0.3 is 0 Å². The summed E-state index contributed by atoms with van der Waals surface area (Å²) in [4.78, 5) is 20.3. The molecule has 2 N–H and O–H groups in total. The van der Waals surface area contributed by atoms with Crippen LogP contribution >= 0.6 is 0 Å². The van der Waals surface area contributed by atoms with Crippen molar-refractivity contribution in [3.8, 4) is 0 Å². The van der Waals surface area contributed by atoms with E-state index in [1.54, 1.807) is 0 Å². The van der Waals surface area contributed by atoms with Crippen LogP contribution in [-0.4, -0.2) is 18.5 Å². The van der Waals surface area contributed by atoms with Gasteiger partial charge in [0, 0.05) is 13.8 Å². The first kappa shape index (κ1) is 11.7.